The summed E-state index contributed by atoms with van der Waals surface area (Å²) in [6.07, 6.45) is 6.42. The van der Waals surface area contributed by atoms with Crippen LogP contribution in [0.15, 0.2) is 23.1 Å². The van der Waals surface area contributed by atoms with Crippen molar-refractivity contribution in [3.8, 4) is 5.75 Å². The van der Waals surface area contributed by atoms with E-state index in [1.807, 2.05) is 14.0 Å². The van der Waals surface area contributed by atoms with Gasteiger partial charge < -0.3 is 14.4 Å². The molecule has 3 rings (SSSR count). The number of halogens is 2. The summed E-state index contributed by atoms with van der Waals surface area (Å²) in [4.78, 5) is 12.7. The van der Waals surface area contributed by atoms with Gasteiger partial charge in [-0.2, -0.15) is 0 Å². The van der Waals surface area contributed by atoms with E-state index in [0.29, 0.717) is 44.5 Å². The maximum absolute atomic E-state index is 13.3. The Balaban J connectivity index is 1.37. The van der Waals surface area contributed by atoms with E-state index in [-0.39, 0.29) is 23.9 Å². The van der Waals surface area contributed by atoms with Gasteiger partial charge in [-0.15, -0.1) is 0 Å². The van der Waals surface area contributed by atoms with Crippen molar-refractivity contribution in [2.45, 2.75) is 81.6 Å². The van der Waals surface area contributed by atoms with Crippen molar-refractivity contribution < 1.29 is 26.7 Å². The van der Waals surface area contributed by atoms with Crippen LogP contribution in [0.1, 0.15) is 63.4 Å². The molecule has 33 heavy (non-hydrogen) atoms. The Morgan fingerprint density at radius 3 is 2.58 bits per heavy atom. The maximum atomic E-state index is 13.3. The van der Waals surface area contributed by atoms with Gasteiger partial charge in [-0.1, -0.05) is 6.07 Å². The topological polar surface area (TPSA) is 75.7 Å². The smallest absolute Gasteiger partial charge is 0.254 e. The molecule has 2 saturated carbocycles. The van der Waals surface area contributed by atoms with Crippen molar-refractivity contribution in [2.75, 3.05) is 26.7 Å². The van der Waals surface area contributed by atoms with E-state index in [9.17, 15) is 22.0 Å². The zero-order valence-electron chi connectivity index (χ0n) is 19.6. The molecule has 2 fully saturated rings. The van der Waals surface area contributed by atoms with Crippen molar-refractivity contribution in [1.29, 1.82) is 0 Å². The number of benzene rings is 1. The monoisotopic (exact) mass is 486 g/mol. The van der Waals surface area contributed by atoms with Gasteiger partial charge in [-0.25, -0.2) is 21.9 Å². The summed E-state index contributed by atoms with van der Waals surface area (Å²) in [5, 5.41) is 0. The molecule has 1 spiro atoms. The lowest BCUT2D eigenvalue weighted by Gasteiger charge is -2.42. The lowest BCUT2D eigenvalue weighted by atomic mass is 9.75. The number of carbonyl (C=O) groups excluding carboxylic acids is 1. The third-order valence-corrected chi connectivity index (χ3v) is 8.43. The summed E-state index contributed by atoms with van der Waals surface area (Å²) in [6.45, 7) is 3.43. The lowest BCUT2D eigenvalue weighted by Crippen LogP contribution is -2.46. The highest BCUT2D eigenvalue weighted by atomic mass is 32.2. The number of hydrogen-bond donors (Lipinski definition) is 1. The number of alkyl halides is 2. The van der Waals surface area contributed by atoms with Gasteiger partial charge in [0.25, 0.3) is 5.92 Å². The summed E-state index contributed by atoms with van der Waals surface area (Å²) in [5.74, 6) is -2.09. The van der Waals surface area contributed by atoms with E-state index in [1.165, 1.54) is 0 Å². The van der Waals surface area contributed by atoms with Gasteiger partial charge in [0, 0.05) is 30.8 Å². The quantitative estimate of drug-likeness (QED) is 0.295. The molecule has 1 aromatic carbocycles. The minimum atomic E-state index is -3.70. The normalized spacial score (nSPS) is 23.5. The third-order valence-electron chi connectivity index (χ3n) is 6.93. The van der Waals surface area contributed by atoms with Gasteiger partial charge >= 0.3 is 0 Å². The van der Waals surface area contributed by atoms with E-state index < -0.39 is 21.4 Å². The fourth-order valence-electron chi connectivity index (χ4n) is 4.57. The van der Waals surface area contributed by atoms with Crippen LogP contribution in [-0.2, 0) is 14.8 Å². The number of nitrogens with one attached hydrogen (secondary N) is 1. The van der Waals surface area contributed by atoms with Crippen molar-refractivity contribution in [3.05, 3.63) is 23.8 Å². The van der Waals surface area contributed by atoms with E-state index >= 15 is 0 Å². The predicted molar refractivity (Wildman–Crippen MR) is 123 cm³/mol. The zero-order chi connectivity index (χ0) is 24.1. The fourth-order valence-corrected chi connectivity index (χ4v) is 5.77. The number of sulfonamides is 1. The first-order valence-electron chi connectivity index (χ1n) is 11.9. The number of aldehydes is 1. The molecule has 1 aromatic rings. The number of ether oxygens (including phenoxy) is 1. The Morgan fingerprint density at radius 2 is 1.91 bits per heavy atom. The minimum absolute atomic E-state index is 0.0635. The Labute approximate surface area is 196 Å². The number of nitrogens with zero attached hydrogens (tertiary/aromatic N) is 1. The molecule has 2 aliphatic rings. The number of unbranched alkanes of at least 4 members (excludes halogenated alkanes) is 4. The molecule has 186 valence electrons. The number of aryl methyl sites for hydroxylation is 1. The van der Waals surface area contributed by atoms with Crippen LogP contribution in [0.5, 0.6) is 5.75 Å². The molecule has 0 aromatic heterocycles. The highest BCUT2D eigenvalue weighted by molar-refractivity contribution is 7.89. The van der Waals surface area contributed by atoms with E-state index in [2.05, 4.69) is 9.62 Å². The molecule has 0 atom stereocenters. The average molecular weight is 487 g/mol. The second-order valence-corrected chi connectivity index (χ2v) is 11.4. The number of hydrogen-bond acceptors (Lipinski definition) is 5. The van der Waals surface area contributed by atoms with Gasteiger partial charge in [-0.3, -0.25) is 0 Å². The molecule has 0 bridgehead atoms. The summed E-state index contributed by atoms with van der Waals surface area (Å²) in [7, 11) is -1.69. The Hall–Kier alpha value is -1.58. The van der Waals surface area contributed by atoms with Gasteiger partial charge in [0.2, 0.25) is 10.0 Å². The fraction of sp³-hybridized carbons (Fsp3) is 0.708. The van der Waals surface area contributed by atoms with Crippen molar-refractivity contribution in [3.63, 3.8) is 0 Å². The van der Waals surface area contributed by atoms with E-state index in [4.69, 9.17) is 4.74 Å². The predicted octanol–water partition coefficient (Wildman–Crippen LogP) is 4.31. The largest absolute Gasteiger partial charge is 0.492 e. The molecular formula is C24H36F2N2O4S. The van der Waals surface area contributed by atoms with Crippen LogP contribution in [0, 0.1) is 12.3 Å². The van der Waals surface area contributed by atoms with Crippen LogP contribution in [0.3, 0.4) is 0 Å². The third kappa shape index (κ3) is 6.51. The second-order valence-electron chi connectivity index (χ2n) is 9.62. The van der Waals surface area contributed by atoms with Crippen LogP contribution in [0.2, 0.25) is 0 Å². The highest BCUT2D eigenvalue weighted by Crippen LogP contribution is 2.71. The first-order chi connectivity index (χ1) is 15.6. The first kappa shape index (κ1) is 26.0. The van der Waals surface area contributed by atoms with Crippen LogP contribution in [-0.4, -0.2) is 58.3 Å². The molecule has 1 N–H and O–H groups in total. The van der Waals surface area contributed by atoms with Crippen LogP contribution in [0.4, 0.5) is 8.78 Å². The van der Waals surface area contributed by atoms with Gasteiger partial charge in [0.15, 0.2) is 0 Å². The van der Waals surface area contributed by atoms with Crippen LogP contribution >= 0.6 is 0 Å². The Morgan fingerprint density at radius 1 is 1.18 bits per heavy atom. The molecule has 0 heterocycles. The number of carbonyl (C=O) groups is 1. The van der Waals surface area contributed by atoms with Crippen molar-refractivity contribution >= 4 is 16.3 Å². The molecule has 0 radical (unpaired) electrons. The minimum Gasteiger partial charge on any atom is -0.492 e. The Bertz CT molecular complexity index is 917. The first-order valence-corrected chi connectivity index (χ1v) is 13.3. The molecular weight excluding hydrogens is 450 g/mol. The van der Waals surface area contributed by atoms with E-state index in [1.54, 1.807) is 18.2 Å². The van der Waals surface area contributed by atoms with Crippen LogP contribution < -0.4 is 9.46 Å². The zero-order valence-corrected chi connectivity index (χ0v) is 20.4. The summed E-state index contributed by atoms with van der Waals surface area (Å²) in [5.41, 5.74) is 0.228. The van der Waals surface area contributed by atoms with Crippen molar-refractivity contribution in [1.82, 2.24) is 9.62 Å². The molecule has 9 heteroatoms. The van der Waals surface area contributed by atoms with E-state index in [0.717, 1.165) is 37.7 Å². The van der Waals surface area contributed by atoms with Gasteiger partial charge in [0.1, 0.15) is 16.9 Å². The number of rotatable bonds is 15. The maximum Gasteiger partial charge on any atom is 0.254 e. The highest BCUT2D eigenvalue weighted by Gasteiger charge is 2.75. The molecule has 0 aliphatic heterocycles. The average Bonchev–Trinajstić information content (AvgIpc) is 3.31. The molecule has 0 amide bonds. The standard InChI is InChI=1S/C24H36F2N2O4S/c1-19-9-10-22(33(30,31)27-11-5-3-7-13-29)21(15-19)32-14-8-4-6-12-28(2)20-16-23(17-20)18-24(23,25)26/h9-10,13,15,20,27H,3-8,11-12,14,16-18H2,1-2H3. The lowest BCUT2D eigenvalue weighted by molar-refractivity contribution is -0.107. The second kappa shape index (κ2) is 10.8. The summed E-state index contributed by atoms with van der Waals surface area (Å²) < 4.78 is 60.5. The molecule has 0 unspecified atom stereocenters. The van der Waals surface area contributed by atoms with Crippen LogP contribution in [0.25, 0.3) is 0 Å². The summed E-state index contributed by atoms with van der Waals surface area (Å²) >= 11 is 0. The molecule has 2 aliphatic carbocycles. The van der Waals surface area contributed by atoms with Gasteiger partial charge in [-0.05, 0) is 83.2 Å². The molecule has 0 saturated heterocycles. The summed E-state index contributed by atoms with van der Waals surface area (Å²) in [6, 6.07) is 5.29. The Kier molecular flexibility index (Phi) is 8.50. The molecule has 6 nitrogen and oxygen atoms in total. The SMILES string of the molecule is Cc1ccc(S(=O)(=O)NCCCCC=O)c(OCCCCCN(C)C2CC3(C2)CC3(F)F)c1. The van der Waals surface area contributed by atoms with Crippen molar-refractivity contribution in [2.24, 2.45) is 5.41 Å². The van der Waals surface area contributed by atoms with Gasteiger partial charge in [0.05, 0.1) is 6.61 Å².